The van der Waals surface area contributed by atoms with Gasteiger partial charge in [-0.05, 0) is 105 Å². The molecule has 0 aromatic carbocycles. The maximum Gasteiger partial charge on any atom is 0.351 e. The van der Waals surface area contributed by atoms with Gasteiger partial charge in [-0.3, -0.25) is 14.2 Å². The Morgan fingerprint density at radius 3 is 2.63 bits per heavy atom. The minimum Gasteiger partial charge on any atom is -0.463 e. The first-order valence-electron chi connectivity index (χ1n) is 19.4. The van der Waals surface area contributed by atoms with Crippen molar-refractivity contribution >= 4 is 17.8 Å². The summed E-state index contributed by atoms with van der Waals surface area (Å²) < 4.78 is 32.8. The van der Waals surface area contributed by atoms with Gasteiger partial charge in [0.2, 0.25) is 0 Å². The van der Waals surface area contributed by atoms with E-state index in [1.54, 1.807) is 0 Å². The number of anilines is 1. The first kappa shape index (κ1) is 40.0. The van der Waals surface area contributed by atoms with E-state index >= 15 is 4.39 Å². The molecule has 54 heavy (non-hydrogen) atoms. The molecular formula is C41H56FN3O9. The summed E-state index contributed by atoms with van der Waals surface area (Å²) in [7, 11) is 0. The molecule has 5 fully saturated rings. The molecule has 11 atom stereocenters. The van der Waals surface area contributed by atoms with Gasteiger partial charge in [0.1, 0.15) is 30.7 Å². The quantitative estimate of drug-likeness (QED) is 0.170. The second kappa shape index (κ2) is 16.2. The van der Waals surface area contributed by atoms with Crippen LogP contribution >= 0.6 is 0 Å². The van der Waals surface area contributed by atoms with Crippen LogP contribution in [-0.4, -0.2) is 79.6 Å². The van der Waals surface area contributed by atoms with E-state index in [1.165, 1.54) is 24.3 Å². The van der Waals surface area contributed by atoms with Gasteiger partial charge < -0.3 is 35.3 Å². The van der Waals surface area contributed by atoms with Crippen molar-refractivity contribution < 1.29 is 43.5 Å². The number of nitrogens with zero attached hydrogens (tertiary/aromatic N) is 2. The highest BCUT2D eigenvalue weighted by Gasteiger charge is 2.56. The number of alkyl halides is 1. The van der Waals surface area contributed by atoms with Crippen LogP contribution in [0, 0.1) is 29.1 Å². The zero-order valence-electron chi connectivity index (χ0n) is 31.6. The Kier molecular flexibility index (Phi) is 12.0. The molecule has 2 heterocycles. The van der Waals surface area contributed by atoms with Crippen molar-refractivity contribution in [1.82, 2.24) is 9.55 Å². The second-order valence-electron chi connectivity index (χ2n) is 16.5. The average Bonchev–Trinajstić information content (AvgIpc) is 3.87. The minimum absolute atomic E-state index is 0.0569. The molecule has 6 rings (SSSR count). The van der Waals surface area contributed by atoms with Crippen LogP contribution < -0.4 is 11.4 Å². The summed E-state index contributed by atoms with van der Waals surface area (Å²) in [5.41, 5.74) is 5.27. The maximum absolute atomic E-state index is 15.5. The number of nitrogen functional groups attached to an aromatic ring is 1. The third kappa shape index (κ3) is 8.59. The lowest BCUT2D eigenvalue weighted by Gasteiger charge is -2.44. The van der Waals surface area contributed by atoms with Gasteiger partial charge in [-0.2, -0.15) is 4.98 Å². The monoisotopic (exact) mass is 753 g/mol. The fourth-order valence-corrected chi connectivity index (χ4v) is 9.35. The molecule has 0 bridgehead atoms. The summed E-state index contributed by atoms with van der Waals surface area (Å²) >= 11 is 0. The fraction of sp³-hybridized carbons (Fsp3) is 0.659. The van der Waals surface area contributed by atoms with Crippen LogP contribution in [0.25, 0.3) is 0 Å². The SMILES string of the molecule is C=C1/C(=C\C=C2/CCC[C@@]3(C)C2CCC3[C@@H](C)/C=C/C(O)C2CC2)C[C@@H](O)C[C@@H]1OC(=O)CCC(=O)OCC1OC(n2ccc(N)nc2=O)C(C)(F)C1O. The minimum atomic E-state index is -2.41. The molecule has 12 nitrogen and oxygen atoms in total. The van der Waals surface area contributed by atoms with E-state index in [9.17, 15) is 29.7 Å². The van der Waals surface area contributed by atoms with Gasteiger partial charge in [0.15, 0.2) is 11.9 Å². The van der Waals surface area contributed by atoms with Gasteiger partial charge in [-0.1, -0.05) is 50.3 Å². The standard InChI is InChI=1S/C41H56FN3O9/c1-23(7-14-31(47)26-9-10-26)29-12-13-30-25(6-5-18-40(29,30)3)8-11-27-20-28(46)21-32(24(27)2)53-36(49)16-15-35(48)52-22-33-37(50)41(4,42)38(54-33)45-19-17-34(43)44-39(45)51/h7-8,11,14,17,19,23,26,28-33,37-38,46-47,50H,2,5-6,9-10,12-13,15-16,18,20-22H2,1,3-4H3,(H2,43,44,51)/b14-7+,25-8+,27-11-/t23-,28+,29?,30?,31?,32-,33?,37?,38?,40+,41?/m0/s1. The molecule has 7 unspecified atom stereocenters. The summed E-state index contributed by atoms with van der Waals surface area (Å²) in [5, 5.41) is 31.7. The van der Waals surface area contributed by atoms with Crippen molar-refractivity contribution in [2.24, 2.45) is 29.1 Å². The molecule has 0 amide bonds. The highest BCUT2D eigenvalue weighted by molar-refractivity contribution is 5.78. The third-order valence-electron chi connectivity index (χ3n) is 12.7. The summed E-state index contributed by atoms with van der Waals surface area (Å²) in [5.74, 6) is 0.312. The molecule has 1 aromatic heterocycles. The van der Waals surface area contributed by atoms with Crippen LogP contribution in [-0.2, 0) is 23.8 Å². The normalized spacial score (nSPS) is 36.7. The van der Waals surface area contributed by atoms with E-state index in [4.69, 9.17) is 19.9 Å². The number of esters is 2. The lowest BCUT2D eigenvalue weighted by Crippen LogP contribution is -2.43. The van der Waals surface area contributed by atoms with Crippen LogP contribution in [0.15, 0.2) is 64.7 Å². The predicted octanol–water partition coefficient (Wildman–Crippen LogP) is 4.79. The molecule has 5 aliphatic rings. The van der Waals surface area contributed by atoms with Gasteiger partial charge in [-0.25, -0.2) is 9.18 Å². The van der Waals surface area contributed by atoms with E-state index in [0.717, 1.165) is 55.6 Å². The van der Waals surface area contributed by atoms with Gasteiger partial charge in [0.25, 0.3) is 0 Å². The molecule has 4 aliphatic carbocycles. The number of aliphatic hydroxyl groups excluding tert-OH is 3. The third-order valence-corrected chi connectivity index (χ3v) is 12.7. The van der Waals surface area contributed by atoms with E-state index in [0.29, 0.717) is 35.7 Å². The predicted molar refractivity (Wildman–Crippen MR) is 198 cm³/mol. The Balaban J connectivity index is 0.997. The van der Waals surface area contributed by atoms with Crippen LogP contribution in [0.3, 0.4) is 0 Å². The molecule has 5 N–H and O–H groups in total. The molecular weight excluding hydrogens is 697 g/mol. The van der Waals surface area contributed by atoms with Gasteiger partial charge in [0, 0.05) is 12.6 Å². The highest BCUT2D eigenvalue weighted by atomic mass is 19.1. The molecule has 4 saturated carbocycles. The Morgan fingerprint density at radius 2 is 1.91 bits per heavy atom. The number of hydrogen-bond donors (Lipinski definition) is 4. The lowest BCUT2D eigenvalue weighted by molar-refractivity contribution is -0.156. The number of aliphatic hydroxyl groups is 3. The second-order valence-corrected chi connectivity index (χ2v) is 16.5. The zero-order chi connectivity index (χ0) is 38.9. The number of allylic oxidation sites excluding steroid dienone is 4. The fourth-order valence-electron chi connectivity index (χ4n) is 9.35. The first-order valence-corrected chi connectivity index (χ1v) is 19.4. The lowest BCUT2D eigenvalue weighted by atomic mass is 9.61. The molecule has 296 valence electrons. The van der Waals surface area contributed by atoms with Gasteiger partial charge in [0.05, 0.1) is 25.0 Å². The van der Waals surface area contributed by atoms with E-state index in [-0.39, 0.29) is 36.6 Å². The summed E-state index contributed by atoms with van der Waals surface area (Å²) in [6, 6.07) is 1.29. The van der Waals surface area contributed by atoms with Crippen molar-refractivity contribution in [3.63, 3.8) is 0 Å². The van der Waals surface area contributed by atoms with E-state index in [2.05, 4.69) is 37.6 Å². The number of rotatable bonds is 12. The Hall–Kier alpha value is -3.65. The molecule has 0 radical (unpaired) electrons. The highest BCUT2D eigenvalue weighted by Crippen LogP contribution is 2.59. The van der Waals surface area contributed by atoms with Crippen LogP contribution in [0.4, 0.5) is 10.2 Å². The number of hydrogen-bond acceptors (Lipinski definition) is 11. The smallest absolute Gasteiger partial charge is 0.351 e. The average molecular weight is 754 g/mol. The number of fused-ring (bicyclic) bond motifs is 1. The maximum atomic E-state index is 15.5. The Labute approximate surface area is 316 Å². The van der Waals surface area contributed by atoms with Gasteiger partial charge in [-0.15, -0.1) is 0 Å². The van der Waals surface area contributed by atoms with Crippen LogP contribution in [0.1, 0.15) is 97.6 Å². The summed E-state index contributed by atoms with van der Waals surface area (Å²) in [4.78, 5) is 41.2. The van der Waals surface area contributed by atoms with Crippen molar-refractivity contribution in [3.8, 4) is 0 Å². The molecule has 1 aromatic rings. The summed E-state index contributed by atoms with van der Waals surface area (Å²) in [6.07, 6.45) is 11.1. The van der Waals surface area contributed by atoms with Crippen molar-refractivity contribution in [1.29, 1.82) is 0 Å². The number of carbonyl (C=O) groups is 2. The largest absolute Gasteiger partial charge is 0.463 e. The Bertz CT molecular complexity index is 1730. The summed E-state index contributed by atoms with van der Waals surface area (Å²) in [6.45, 7) is 9.48. The number of nitrogens with two attached hydrogens (primary N) is 1. The van der Waals surface area contributed by atoms with E-state index < -0.39 is 60.5 Å². The van der Waals surface area contributed by atoms with Crippen molar-refractivity contribution in [2.45, 2.75) is 134 Å². The molecule has 13 heteroatoms. The topological polar surface area (TPSA) is 183 Å². The molecule has 1 aliphatic heterocycles. The number of ether oxygens (including phenoxy) is 3. The Morgan fingerprint density at radius 1 is 1.17 bits per heavy atom. The van der Waals surface area contributed by atoms with E-state index in [1.807, 2.05) is 12.2 Å². The van der Waals surface area contributed by atoms with Crippen LogP contribution in [0.2, 0.25) is 0 Å². The van der Waals surface area contributed by atoms with Gasteiger partial charge >= 0.3 is 17.6 Å². The first-order chi connectivity index (χ1) is 25.6. The molecule has 0 spiro atoms. The van der Waals surface area contributed by atoms with Crippen molar-refractivity contribution in [2.75, 3.05) is 12.3 Å². The molecule has 1 saturated heterocycles. The number of aromatic nitrogens is 2. The number of carbonyl (C=O) groups excluding carboxylic acids is 2. The van der Waals surface area contributed by atoms with Crippen molar-refractivity contribution in [3.05, 3.63) is 70.3 Å². The van der Waals surface area contributed by atoms with Crippen LogP contribution in [0.5, 0.6) is 0 Å². The number of halogens is 1. The zero-order valence-corrected chi connectivity index (χ0v) is 31.6.